The van der Waals surface area contributed by atoms with E-state index in [1.54, 1.807) is 12.4 Å². The Kier molecular flexibility index (Phi) is 10.1. The van der Waals surface area contributed by atoms with E-state index in [4.69, 9.17) is 9.47 Å². The second-order valence-electron chi connectivity index (χ2n) is 9.16. The van der Waals surface area contributed by atoms with Crippen molar-refractivity contribution in [3.63, 3.8) is 0 Å². The van der Waals surface area contributed by atoms with Crippen molar-refractivity contribution in [2.24, 2.45) is 0 Å². The third-order valence-corrected chi connectivity index (χ3v) is 9.03. The molecule has 1 aliphatic carbocycles. The van der Waals surface area contributed by atoms with Crippen molar-refractivity contribution in [3.8, 4) is 0 Å². The summed E-state index contributed by atoms with van der Waals surface area (Å²) in [5.74, 6) is 0. The van der Waals surface area contributed by atoms with E-state index in [9.17, 15) is 0 Å². The zero-order valence-electron chi connectivity index (χ0n) is 21.7. The van der Waals surface area contributed by atoms with Crippen LogP contribution in [0.2, 0.25) is 0 Å². The Morgan fingerprint density at radius 3 is 1.80 bits per heavy atom. The zero-order chi connectivity index (χ0) is 27.6. The third kappa shape index (κ3) is 7.42. The van der Waals surface area contributed by atoms with Gasteiger partial charge in [-0.15, -0.1) is 0 Å². The van der Waals surface area contributed by atoms with Crippen LogP contribution < -0.4 is 0 Å². The number of ether oxygens (including phenoxy) is 2. The summed E-state index contributed by atoms with van der Waals surface area (Å²) in [7, 11) is 0. The van der Waals surface area contributed by atoms with Gasteiger partial charge in [0.2, 0.25) is 0 Å². The van der Waals surface area contributed by atoms with Gasteiger partial charge in [-0.2, -0.15) is 0 Å². The molecule has 0 radical (unpaired) electrons. The van der Waals surface area contributed by atoms with Crippen molar-refractivity contribution in [2.75, 3.05) is 0 Å². The van der Waals surface area contributed by atoms with Gasteiger partial charge in [0.05, 0.1) is 24.6 Å². The van der Waals surface area contributed by atoms with Crippen molar-refractivity contribution in [2.45, 2.75) is 22.9 Å². The SMILES string of the molecule is IC1=C(C=Cc2ccccc2)C=C(C=Cc2ccccc2)C(I)(OCc2ccccn2)C1OCc1ccccn1. The lowest BCUT2D eigenvalue weighted by molar-refractivity contribution is -0.0592. The maximum Gasteiger partial charge on any atom is 0.175 e. The predicted octanol–water partition coefficient (Wildman–Crippen LogP) is 8.77. The molecule has 0 spiro atoms. The van der Waals surface area contributed by atoms with E-state index in [-0.39, 0.29) is 6.10 Å². The molecule has 2 atom stereocenters. The average Bonchev–Trinajstić information content (AvgIpc) is 3.01. The van der Waals surface area contributed by atoms with Crippen LogP contribution in [-0.2, 0) is 22.7 Å². The summed E-state index contributed by atoms with van der Waals surface area (Å²) in [6.45, 7) is 0.712. The number of allylic oxidation sites excluding steroid dienone is 3. The Morgan fingerprint density at radius 1 is 0.675 bits per heavy atom. The summed E-state index contributed by atoms with van der Waals surface area (Å²) in [5.41, 5.74) is 6.07. The summed E-state index contributed by atoms with van der Waals surface area (Å²) >= 11 is 4.82. The number of nitrogens with zero attached hydrogens (tertiary/aromatic N) is 2. The molecule has 0 fully saturated rings. The van der Waals surface area contributed by atoms with Gasteiger partial charge < -0.3 is 9.47 Å². The molecular weight excluding hydrogens is 722 g/mol. The van der Waals surface area contributed by atoms with Crippen LogP contribution in [0, 0.1) is 0 Å². The van der Waals surface area contributed by atoms with E-state index in [0.29, 0.717) is 13.2 Å². The second-order valence-corrected chi connectivity index (χ2v) is 11.9. The molecule has 0 amide bonds. The molecule has 4 aromatic rings. The lowest BCUT2D eigenvalue weighted by Gasteiger charge is -2.40. The Bertz CT molecular complexity index is 1510. The van der Waals surface area contributed by atoms with E-state index < -0.39 is 3.61 Å². The average molecular weight is 750 g/mol. The summed E-state index contributed by atoms with van der Waals surface area (Å²) in [5, 5.41) is 0. The maximum atomic E-state index is 6.74. The van der Waals surface area contributed by atoms with E-state index >= 15 is 0 Å². The topological polar surface area (TPSA) is 44.2 Å². The molecule has 2 aromatic heterocycles. The molecule has 6 heteroatoms. The minimum atomic E-state index is -0.810. The number of hydrogen-bond donors (Lipinski definition) is 0. The molecule has 0 bridgehead atoms. The fourth-order valence-corrected chi connectivity index (χ4v) is 6.78. The quantitative estimate of drug-likeness (QED) is 0.120. The summed E-state index contributed by atoms with van der Waals surface area (Å²) < 4.78 is 13.7. The Balaban J connectivity index is 1.55. The Labute approximate surface area is 262 Å². The monoisotopic (exact) mass is 750 g/mol. The van der Waals surface area contributed by atoms with Gasteiger partial charge in [0.15, 0.2) is 3.61 Å². The van der Waals surface area contributed by atoms with Crippen LogP contribution in [0.15, 0.2) is 142 Å². The van der Waals surface area contributed by atoms with Gasteiger partial charge in [0, 0.05) is 16.0 Å². The molecule has 200 valence electrons. The van der Waals surface area contributed by atoms with Crippen LogP contribution in [0.5, 0.6) is 0 Å². The molecule has 2 heterocycles. The molecule has 5 rings (SSSR count). The lowest BCUT2D eigenvalue weighted by Crippen LogP contribution is -2.44. The number of rotatable bonds is 10. The van der Waals surface area contributed by atoms with Gasteiger partial charge >= 0.3 is 0 Å². The van der Waals surface area contributed by atoms with Crippen molar-refractivity contribution < 1.29 is 9.47 Å². The van der Waals surface area contributed by atoms with Gasteiger partial charge in [-0.3, -0.25) is 9.97 Å². The van der Waals surface area contributed by atoms with Gasteiger partial charge in [0.25, 0.3) is 0 Å². The summed E-state index contributed by atoms with van der Waals surface area (Å²) in [4.78, 5) is 8.97. The highest BCUT2D eigenvalue weighted by Gasteiger charge is 2.46. The molecule has 0 saturated carbocycles. The van der Waals surface area contributed by atoms with Crippen LogP contribution in [0.1, 0.15) is 22.5 Å². The first-order valence-electron chi connectivity index (χ1n) is 12.9. The molecule has 40 heavy (non-hydrogen) atoms. The molecular formula is C34H28I2N2O2. The molecule has 0 aliphatic heterocycles. The molecule has 2 aromatic carbocycles. The number of alkyl halides is 1. The van der Waals surface area contributed by atoms with Gasteiger partial charge in [-0.05, 0) is 97.8 Å². The number of pyridine rings is 2. The minimum absolute atomic E-state index is 0.350. The standard InChI is InChI=1S/C34H28I2N2O2/c35-32-28(19-17-26-11-3-1-4-12-26)23-29(20-18-27-13-5-2-6-14-27)34(36,40-25-31-16-8-10-22-38-31)33(32)39-24-30-15-7-9-21-37-30/h1-23,33H,24-25H2. The van der Waals surface area contributed by atoms with Crippen LogP contribution >= 0.6 is 45.2 Å². The summed E-state index contributed by atoms with van der Waals surface area (Å²) in [6.07, 6.45) is 13.9. The Hall–Kier alpha value is -2.92. The van der Waals surface area contributed by atoms with E-state index in [1.165, 1.54) is 0 Å². The van der Waals surface area contributed by atoms with Crippen molar-refractivity contribution in [1.82, 2.24) is 9.97 Å². The van der Waals surface area contributed by atoms with Crippen molar-refractivity contribution in [1.29, 1.82) is 0 Å². The first kappa shape index (κ1) is 28.6. The largest absolute Gasteiger partial charge is 0.362 e. The highest BCUT2D eigenvalue weighted by Crippen LogP contribution is 2.47. The van der Waals surface area contributed by atoms with Crippen molar-refractivity contribution in [3.05, 3.63) is 165 Å². The normalized spacial score (nSPS) is 19.4. The van der Waals surface area contributed by atoms with Crippen molar-refractivity contribution >= 4 is 57.3 Å². The fourth-order valence-electron chi connectivity index (χ4n) is 4.24. The van der Waals surface area contributed by atoms with Gasteiger partial charge in [-0.25, -0.2) is 0 Å². The fraction of sp³-hybridized carbons (Fsp3) is 0.118. The van der Waals surface area contributed by atoms with E-state index in [0.717, 1.165) is 37.2 Å². The molecule has 1 aliphatic rings. The first-order valence-corrected chi connectivity index (χ1v) is 15.1. The molecule has 2 unspecified atom stereocenters. The highest BCUT2D eigenvalue weighted by atomic mass is 127. The lowest BCUT2D eigenvalue weighted by atomic mass is 9.92. The first-order chi connectivity index (χ1) is 19.6. The van der Waals surface area contributed by atoms with Gasteiger partial charge in [-0.1, -0.05) is 97.1 Å². The molecule has 0 N–H and O–H groups in total. The smallest absolute Gasteiger partial charge is 0.175 e. The Morgan fingerprint density at radius 2 is 1.23 bits per heavy atom. The zero-order valence-corrected chi connectivity index (χ0v) is 26.1. The van der Waals surface area contributed by atoms with E-state index in [1.807, 2.05) is 72.8 Å². The molecule has 0 saturated heterocycles. The predicted molar refractivity (Wildman–Crippen MR) is 179 cm³/mol. The number of hydrogen-bond acceptors (Lipinski definition) is 4. The van der Waals surface area contributed by atoms with Crippen LogP contribution in [0.25, 0.3) is 12.2 Å². The van der Waals surface area contributed by atoms with Crippen LogP contribution in [-0.4, -0.2) is 19.7 Å². The maximum absolute atomic E-state index is 6.74. The number of aromatic nitrogens is 2. The van der Waals surface area contributed by atoms with Gasteiger partial charge in [0.1, 0.15) is 6.10 Å². The van der Waals surface area contributed by atoms with E-state index in [2.05, 4.69) is 110 Å². The summed E-state index contributed by atoms with van der Waals surface area (Å²) in [6, 6.07) is 32.3. The third-order valence-electron chi connectivity index (χ3n) is 6.34. The highest BCUT2D eigenvalue weighted by molar-refractivity contribution is 14.1. The number of benzene rings is 2. The minimum Gasteiger partial charge on any atom is -0.362 e. The van der Waals surface area contributed by atoms with Crippen LogP contribution in [0.4, 0.5) is 0 Å². The van der Waals surface area contributed by atoms with Crippen LogP contribution in [0.3, 0.4) is 0 Å². The molecule has 4 nitrogen and oxygen atoms in total. The number of halogens is 2. The second kappa shape index (κ2) is 14.1.